The molecule has 1 fully saturated rings. The number of aromatic amines is 1. The number of hydroxylamine groups is 2. The fraction of sp³-hybridized carbons (Fsp3) is 0.294. The second-order valence-corrected chi connectivity index (χ2v) is 10.7. The van der Waals surface area contributed by atoms with Crippen LogP contribution in [0, 0.1) is 0 Å². The predicted octanol–water partition coefficient (Wildman–Crippen LogP) is 3.08. The Bertz CT molecular complexity index is 1720. The summed E-state index contributed by atoms with van der Waals surface area (Å²) in [4.78, 5) is 55.7. The summed E-state index contributed by atoms with van der Waals surface area (Å²) in [7, 11) is 3.17. The molecule has 47 heavy (non-hydrogen) atoms. The number of carbonyl (C=O) groups excluding carboxylic acids is 1. The number of carbonyl (C=O) groups is 2. The maximum atomic E-state index is 12.7. The van der Waals surface area contributed by atoms with E-state index in [1.54, 1.807) is 14.2 Å². The van der Waals surface area contributed by atoms with E-state index in [2.05, 4.69) is 4.98 Å². The van der Waals surface area contributed by atoms with Crippen LogP contribution in [0.15, 0.2) is 101 Å². The predicted molar refractivity (Wildman–Crippen MR) is 168 cm³/mol. The lowest BCUT2D eigenvalue weighted by Crippen LogP contribution is -2.51. The van der Waals surface area contributed by atoms with Gasteiger partial charge in [0.15, 0.2) is 6.23 Å². The average molecular weight is 646 g/mol. The second kappa shape index (κ2) is 14.9. The number of hydrogen-bond acceptors (Lipinski definition) is 10. The number of nitrogens with zero attached hydrogens (tertiary/aromatic N) is 2. The number of carboxylic acids is 1. The highest BCUT2D eigenvalue weighted by atomic mass is 16.7. The molecule has 4 aromatic rings. The van der Waals surface area contributed by atoms with E-state index in [9.17, 15) is 19.2 Å². The summed E-state index contributed by atoms with van der Waals surface area (Å²) in [5.41, 5.74) is -0.0708. The van der Waals surface area contributed by atoms with Crippen LogP contribution in [0.3, 0.4) is 0 Å². The van der Waals surface area contributed by atoms with Crippen molar-refractivity contribution in [3.8, 4) is 11.5 Å². The maximum absolute atomic E-state index is 12.7. The van der Waals surface area contributed by atoms with Gasteiger partial charge in [-0.05, 0) is 41.0 Å². The van der Waals surface area contributed by atoms with Crippen molar-refractivity contribution >= 4 is 11.9 Å². The van der Waals surface area contributed by atoms with Gasteiger partial charge in [0.1, 0.15) is 17.1 Å². The third-order valence-electron chi connectivity index (χ3n) is 7.71. The molecule has 2 heterocycles. The van der Waals surface area contributed by atoms with E-state index in [1.165, 1.54) is 21.9 Å². The van der Waals surface area contributed by atoms with Crippen LogP contribution < -0.4 is 20.7 Å². The third-order valence-corrected chi connectivity index (χ3v) is 7.71. The molecule has 0 saturated carbocycles. The van der Waals surface area contributed by atoms with E-state index in [0.29, 0.717) is 11.5 Å². The Kier molecular flexibility index (Phi) is 10.5. The lowest BCUT2D eigenvalue weighted by atomic mass is 9.80. The molecule has 1 aromatic heterocycles. The van der Waals surface area contributed by atoms with Gasteiger partial charge in [-0.3, -0.25) is 23.9 Å². The minimum Gasteiger partial charge on any atom is -0.497 e. The number of H-pyrrole nitrogens is 1. The van der Waals surface area contributed by atoms with Crippen LogP contribution in [0.2, 0.25) is 0 Å². The summed E-state index contributed by atoms with van der Waals surface area (Å²) >= 11 is 0. The number of aromatic nitrogens is 2. The zero-order chi connectivity index (χ0) is 33.4. The molecule has 2 atom stereocenters. The summed E-state index contributed by atoms with van der Waals surface area (Å²) in [5.74, 6) is -0.565. The standard InChI is InChI=1S/C34H35N3O10/c1-43-26-12-8-24(9-13-26)34(23-6-4-3-5-7-23,25-10-14-27(44-2)15-11-25)45-22-28-20-36(47-32(41)17-16-31(39)40)21-30(46-28)37-19-18-29(38)35-33(37)42/h3-15,18-19,28,30H,16-17,20-22H2,1-2H3,(H,39,40)(H,35,38,42)/t28-,30+/m0/s1. The van der Waals surface area contributed by atoms with Crippen molar-refractivity contribution in [3.05, 3.63) is 129 Å². The van der Waals surface area contributed by atoms with Gasteiger partial charge in [-0.2, -0.15) is 0 Å². The highest BCUT2D eigenvalue weighted by molar-refractivity contribution is 5.76. The molecule has 0 radical (unpaired) electrons. The van der Waals surface area contributed by atoms with Crippen LogP contribution >= 0.6 is 0 Å². The molecule has 1 aliphatic rings. The fourth-order valence-corrected chi connectivity index (χ4v) is 5.45. The average Bonchev–Trinajstić information content (AvgIpc) is 3.08. The minimum absolute atomic E-state index is 0.0451. The van der Waals surface area contributed by atoms with Crippen molar-refractivity contribution in [2.45, 2.75) is 30.8 Å². The SMILES string of the molecule is COc1ccc(C(OC[C@@H]2CN(OC(=O)CCC(=O)O)C[C@H](n3ccc(=O)[nH]c3=O)O2)(c2ccccc2)c2ccc(OC)cc2)cc1. The minimum atomic E-state index is -1.17. The Morgan fingerprint density at radius 3 is 2.00 bits per heavy atom. The Morgan fingerprint density at radius 2 is 1.45 bits per heavy atom. The molecular weight excluding hydrogens is 610 g/mol. The maximum Gasteiger partial charge on any atom is 0.330 e. The monoisotopic (exact) mass is 645 g/mol. The van der Waals surface area contributed by atoms with Crippen molar-refractivity contribution < 1.29 is 38.5 Å². The summed E-state index contributed by atoms with van der Waals surface area (Å²) in [6.45, 7) is -0.0731. The zero-order valence-electron chi connectivity index (χ0n) is 25.9. The quantitative estimate of drug-likeness (QED) is 0.206. The molecule has 0 unspecified atom stereocenters. The summed E-state index contributed by atoms with van der Waals surface area (Å²) in [5, 5.41) is 10.3. The smallest absolute Gasteiger partial charge is 0.330 e. The number of nitrogens with one attached hydrogen (secondary N) is 1. The zero-order valence-corrected chi connectivity index (χ0v) is 25.9. The first kappa shape index (κ1) is 33.1. The summed E-state index contributed by atoms with van der Waals surface area (Å²) < 4.78 is 25.3. The van der Waals surface area contributed by atoms with Gasteiger partial charge in [-0.1, -0.05) is 54.6 Å². The number of carboxylic acid groups (broad SMARTS) is 1. The molecule has 1 saturated heterocycles. The lowest BCUT2D eigenvalue weighted by Gasteiger charge is -2.40. The van der Waals surface area contributed by atoms with E-state index in [4.69, 9.17) is 28.9 Å². The topological polar surface area (TPSA) is 159 Å². The van der Waals surface area contributed by atoms with E-state index < -0.39 is 47.5 Å². The van der Waals surface area contributed by atoms with Crippen LogP contribution in [-0.4, -0.2) is 71.7 Å². The second-order valence-electron chi connectivity index (χ2n) is 10.7. The molecule has 13 nitrogen and oxygen atoms in total. The van der Waals surface area contributed by atoms with Gasteiger partial charge in [0.2, 0.25) is 0 Å². The van der Waals surface area contributed by atoms with Crippen molar-refractivity contribution in [1.82, 2.24) is 14.6 Å². The molecule has 0 bridgehead atoms. The molecule has 3 aromatic carbocycles. The van der Waals surface area contributed by atoms with Gasteiger partial charge < -0.3 is 28.9 Å². The lowest BCUT2D eigenvalue weighted by molar-refractivity contribution is -0.249. The van der Waals surface area contributed by atoms with Gasteiger partial charge in [0, 0.05) is 12.3 Å². The normalized spacial score (nSPS) is 16.7. The highest BCUT2D eigenvalue weighted by Crippen LogP contribution is 2.42. The molecule has 1 aliphatic heterocycles. The number of ether oxygens (including phenoxy) is 4. The molecule has 0 spiro atoms. The van der Waals surface area contributed by atoms with E-state index in [1.807, 2.05) is 78.9 Å². The van der Waals surface area contributed by atoms with Gasteiger partial charge in [-0.25, -0.2) is 4.79 Å². The van der Waals surface area contributed by atoms with Gasteiger partial charge in [0.25, 0.3) is 5.56 Å². The van der Waals surface area contributed by atoms with Crippen molar-refractivity contribution in [2.24, 2.45) is 0 Å². The van der Waals surface area contributed by atoms with Gasteiger partial charge in [-0.15, -0.1) is 5.06 Å². The molecule has 13 heteroatoms. The Hall–Kier alpha value is -5.24. The molecular formula is C34H35N3O10. The number of hydrogen-bond donors (Lipinski definition) is 2. The largest absolute Gasteiger partial charge is 0.497 e. The number of rotatable bonds is 13. The van der Waals surface area contributed by atoms with Crippen LogP contribution in [0.4, 0.5) is 0 Å². The van der Waals surface area contributed by atoms with E-state index in [-0.39, 0.29) is 26.1 Å². The number of aliphatic carboxylic acids is 1. The van der Waals surface area contributed by atoms with Crippen LogP contribution in [-0.2, 0) is 29.5 Å². The van der Waals surface area contributed by atoms with Crippen LogP contribution in [0.25, 0.3) is 0 Å². The van der Waals surface area contributed by atoms with Crippen molar-refractivity contribution in [2.75, 3.05) is 33.9 Å². The first-order valence-electron chi connectivity index (χ1n) is 14.8. The Morgan fingerprint density at radius 1 is 0.851 bits per heavy atom. The third kappa shape index (κ3) is 7.77. The first-order valence-corrected chi connectivity index (χ1v) is 14.8. The number of morpholine rings is 1. The fourth-order valence-electron chi connectivity index (χ4n) is 5.45. The molecule has 0 amide bonds. The van der Waals surface area contributed by atoms with Crippen LogP contribution in [0.5, 0.6) is 11.5 Å². The van der Waals surface area contributed by atoms with Crippen molar-refractivity contribution in [1.29, 1.82) is 0 Å². The number of benzene rings is 3. The van der Waals surface area contributed by atoms with E-state index in [0.717, 1.165) is 16.7 Å². The van der Waals surface area contributed by atoms with Crippen LogP contribution in [0.1, 0.15) is 35.8 Å². The van der Waals surface area contributed by atoms with Gasteiger partial charge in [0.05, 0.1) is 52.9 Å². The molecule has 5 rings (SSSR count). The molecule has 246 valence electrons. The number of methoxy groups -OCH3 is 2. The molecule has 2 N–H and O–H groups in total. The van der Waals surface area contributed by atoms with Gasteiger partial charge >= 0.3 is 17.6 Å². The summed E-state index contributed by atoms with van der Waals surface area (Å²) in [6, 6.07) is 25.8. The van der Waals surface area contributed by atoms with Crippen molar-refractivity contribution in [3.63, 3.8) is 0 Å². The Labute approximate surface area is 269 Å². The van der Waals surface area contributed by atoms with E-state index >= 15 is 0 Å². The Balaban J connectivity index is 1.53. The molecule has 0 aliphatic carbocycles. The first-order chi connectivity index (χ1) is 22.7. The highest BCUT2D eigenvalue weighted by Gasteiger charge is 2.40. The summed E-state index contributed by atoms with van der Waals surface area (Å²) in [6.07, 6.45) is -1.20.